The van der Waals surface area contributed by atoms with E-state index in [4.69, 9.17) is 5.73 Å². The SMILES string of the molecule is CCn1cc(NC(=O)c2cc(N)c(C)cc2C)cn1. The van der Waals surface area contributed by atoms with Crippen molar-refractivity contribution in [1.29, 1.82) is 0 Å². The summed E-state index contributed by atoms with van der Waals surface area (Å²) in [5, 5.41) is 6.94. The highest BCUT2D eigenvalue weighted by Gasteiger charge is 2.12. The molecule has 0 bridgehead atoms. The van der Waals surface area contributed by atoms with E-state index in [1.807, 2.05) is 26.8 Å². The predicted octanol–water partition coefficient (Wildman–Crippen LogP) is 2.35. The molecule has 5 heteroatoms. The minimum atomic E-state index is -0.167. The first-order valence-corrected chi connectivity index (χ1v) is 6.21. The number of hydrogen-bond acceptors (Lipinski definition) is 3. The Morgan fingerprint density at radius 1 is 1.37 bits per heavy atom. The number of nitrogen functional groups attached to an aromatic ring is 1. The summed E-state index contributed by atoms with van der Waals surface area (Å²) < 4.78 is 1.76. The Balaban J connectivity index is 2.22. The van der Waals surface area contributed by atoms with Gasteiger partial charge in [-0.25, -0.2) is 0 Å². The molecular weight excluding hydrogens is 240 g/mol. The molecule has 1 aromatic heterocycles. The zero-order valence-corrected chi connectivity index (χ0v) is 11.4. The molecule has 2 aromatic rings. The Morgan fingerprint density at radius 2 is 2.11 bits per heavy atom. The van der Waals surface area contributed by atoms with Crippen LogP contribution in [0.3, 0.4) is 0 Å². The van der Waals surface area contributed by atoms with Crippen LogP contribution in [0.4, 0.5) is 11.4 Å². The molecule has 1 heterocycles. The molecule has 0 spiro atoms. The lowest BCUT2D eigenvalue weighted by Gasteiger charge is -2.09. The van der Waals surface area contributed by atoms with Crippen molar-refractivity contribution in [1.82, 2.24) is 9.78 Å². The number of nitrogens with zero attached hydrogens (tertiary/aromatic N) is 2. The summed E-state index contributed by atoms with van der Waals surface area (Å²) in [5.74, 6) is -0.167. The lowest BCUT2D eigenvalue weighted by molar-refractivity contribution is 0.102. The Hall–Kier alpha value is -2.30. The Morgan fingerprint density at radius 3 is 2.74 bits per heavy atom. The summed E-state index contributed by atoms with van der Waals surface area (Å²) in [5.41, 5.74) is 9.64. The third-order valence-corrected chi connectivity index (χ3v) is 3.07. The number of aromatic nitrogens is 2. The number of nitrogens with two attached hydrogens (primary N) is 1. The van der Waals surface area contributed by atoms with Crippen LogP contribution in [0.2, 0.25) is 0 Å². The van der Waals surface area contributed by atoms with Gasteiger partial charge in [0, 0.05) is 24.0 Å². The van der Waals surface area contributed by atoms with Crippen molar-refractivity contribution in [2.45, 2.75) is 27.3 Å². The van der Waals surface area contributed by atoms with Crippen LogP contribution in [-0.4, -0.2) is 15.7 Å². The molecule has 1 aromatic carbocycles. The van der Waals surface area contributed by atoms with Gasteiger partial charge in [-0.05, 0) is 38.0 Å². The van der Waals surface area contributed by atoms with Gasteiger partial charge in [0.05, 0.1) is 11.9 Å². The molecule has 0 saturated heterocycles. The molecule has 0 atom stereocenters. The molecule has 0 aliphatic heterocycles. The standard InChI is InChI=1S/C14H18N4O/c1-4-18-8-11(7-16-18)17-14(19)12-6-13(15)10(3)5-9(12)2/h5-8H,4,15H2,1-3H3,(H,17,19). The maximum atomic E-state index is 12.2. The average molecular weight is 258 g/mol. The second-order valence-corrected chi connectivity index (χ2v) is 4.56. The van der Waals surface area contributed by atoms with Crippen molar-refractivity contribution in [2.24, 2.45) is 0 Å². The number of carbonyl (C=O) groups excluding carboxylic acids is 1. The predicted molar refractivity (Wildman–Crippen MR) is 76.2 cm³/mol. The molecule has 0 saturated carbocycles. The van der Waals surface area contributed by atoms with Crippen molar-refractivity contribution in [2.75, 3.05) is 11.1 Å². The van der Waals surface area contributed by atoms with Gasteiger partial charge in [0.15, 0.2) is 0 Å². The molecule has 0 unspecified atom stereocenters. The van der Waals surface area contributed by atoms with E-state index < -0.39 is 0 Å². The monoisotopic (exact) mass is 258 g/mol. The average Bonchev–Trinajstić information content (AvgIpc) is 2.81. The van der Waals surface area contributed by atoms with Crippen molar-refractivity contribution in [3.8, 4) is 0 Å². The molecule has 0 aliphatic carbocycles. The van der Waals surface area contributed by atoms with E-state index in [0.717, 1.165) is 17.7 Å². The zero-order chi connectivity index (χ0) is 14.0. The van der Waals surface area contributed by atoms with Crippen LogP contribution in [0, 0.1) is 13.8 Å². The number of hydrogen-bond donors (Lipinski definition) is 2. The smallest absolute Gasteiger partial charge is 0.256 e. The van der Waals surface area contributed by atoms with Crippen LogP contribution in [-0.2, 0) is 6.54 Å². The molecule has 2 rings (SSSR count). The van der Waals surface area contributed by atoms with E-state index in [1.165, 1.54) is 0 Å². The highest BCUT2D eigenvalue weighted by atomic mass is 16.1. The summed E-state index contributed by atoms with van der Waals surface area (Å²) in [6.45, 7) is 6.59. The van der Waals surface area contributed by atoms with E-state index in [2.05, 4.69) is 10.4 Å². The highest BCUT2D eigenvalue weighted by Crippen LogP contribution is 2.19. The summed E-state index contributed by atoms with van der Waals surface area (Å²) in [4.78, 5) is 12.2. The molecule has 5 nitrogen and oxygen atoms in total. The first kappa shape index (κ1) is 13.1. The van der Waals surface area contributed by atoms with Gasteiger partial charge in [-0.3, -0.25) is 9.48 Å². The fourth-order valence-electron chi connectivity index (χ4n) is 1.91. The van der Waals surface area contributed by atoms with Gasteiger partial charge in [0.25, 0.3) is 5.91 Å². The number of rotatable bonds is 3. The third-order valence-electron chi connectivity index (χ3n) is 3.07. The normalized spacial score (nSPS) is 10.5. The number of nitrogens with one attached hydrogen (secondary N) is 1. The van der Waals surface area contributed by atoms with E-state index in [-0.39, 0.29) is 5.91 Å². The Kier molecular flexibility index (Phi) is 3.55. The molecule has 1 amide bonds. The number of anilines is 2. The molecule has 0 fully saturated rings. The van der Waals surface area contributed by atoms with Crippen LogP contribution < -0.4 is 11.1 Å². The Bertz CT molecular complexity index is 616. The number of amides is 1. The largest absolute Gasteiger partial charge is 0.398 e. The molecule has 100 valence electrons. The summed E-state index contributed by atoms with van der Waals surface area (Å²) in [6.07, 6.45) is 3.43. The maximum absolute atomic E-state index is 12.2. The minimum Gasteiger partial charge on any atom is -0.398 e. The molecule has 19 heavy (non-hydrogen) atoms. The van der Waals surface area contributed by atoms with Crippen LogP contribution in [0.25, 0.3) is 0 Å². The number of aryl methyl sites for hydroxylation is 3. The van der Waals surface area contributed by atoms with Crippen molar-refractivity contribution >= 4 is 17.3 Å². The first-order valence-electron chi connectivity index (χ1n) is 6.21. The summed E-state index contributed by atoms with van der Waals surface area (Å²) in [6, 6.07) is 3.63. The molecule has 0 aliphatic rings. The maximum Gasteiger partial charge on any atom is 0.256 e. The van der Waals surface area contributed by atoms with E-state index in [0.29, 0.717) is 16.9 Å². The van der Waals surface area contributed by atoms with E-state index in [9.17, 15) is 4.79 Å². The van der Waals surface area contributed by atoms with Crippen LogP contribution in [0.1, 0.15) is 28.4 Å². The van der Waals surface area contributed by atoms with Gasteiger partial charge in [0.2, 0.25) is 0 Å². The van der Waals surface area contributed by atoms with Gasteiger partial charge >= 0.3 is 0 Å². The van der Waals surface area contributed by atoms with Crippen molar-refractivity contribution in [3.05, 3.63) is 41.2 Å². The van der Waals surface area contributed by atoms with Gasteiger partial charge < -0.3 is 11.1 Å². The van der Waals surface area contributed by atoms with Gasteiger partial charge in [0.1, 0.15) is 0 Å². The number of carbonyl (C=O) groups is 1. The molecular formula is C14H18N4O. The van der Waals surface area contributed by atoms with Gasteiger partial charge in [-0.2, -0.15) is 5.10 Å². The van der Waals surface area contributed by atoms with Crippen LogP contribution in [0.15, 0.2) is 24.5 Å². The molecule has 0 radical (unpaired) electrons. The van der Waals surface area contributed by atoms with Crippen LogP contribution in [0.5, 0.6) is 0 Å². The van der Waals surface area contributed by atoms with E-state index >= 15 is 0 Å². The minimum absolute atomic E-state index is 0.167. The summed E-state index contributed by atoms with van der Waals surface area (Å²) in [7, 11) is 0. The molecule has 3 N–H and O–H groups in total. The summed E-state index contributed by atoms with van der Waals surface area (Å²) >= 11 is 0. The second-order valence-electron chi connectivity index (χ2n) is 4.56. The van der Waals surface area contributed by atoms with Gasteiger partial charge in [-0.15, -0.1) is 0 Å². The highest BCUT2D eigenvalue weighted by molar-refractivity contribution is 6.05. The van der Waals surface area contributed by atoms with Crippen molar-refractivity contribution in [3.63, 3.8) is 0 Å². The van der Waals surface area contributed by atoms with Crippen molar-refractivity contribution < 1.29 is 4.79 Å². The fourth-order valence-corrected chi connectivity index (χ4v) is 1.91. The third kappa shape index (κ3) is 2.76. The first-order chi connectivity index (χ1) is 9.01. The quantitative estimate of drug-likeness (QED) is 0.830. The lowest BCUT2D eigenvalue weighted by atomic mass is 10.0. The number of benzene rings is 1. The van der Waals surface area contributed by atoms with E-state index in [1.54, 1.807) is 23.1 Å². The van der Waals surface area contributed by atoms with Gasteiger partial charge in [-0.1, -0.05) is 6.07 Å². The topological polar surface area (TPSA) is 72.9 Å². The Labute approximate surface area is 112 Å². The zero-order valence-electron chi connectivity index (χ0n) is 11.4. The van der Waals surface area contributed by atoms with Crippen LogP contribution >= 0.6 is 0 Å². The lowest BCUT2D eigenvalue weighted by Crippen LogP contribution is -2.13. The second kappa shape index (κ2) is 5.14. The fraction of sp³-hybridized carbons (Fsp3) is 0.286.